The van der Waals surface area contributed by atoms with E-state index in [1.165, 1.54) is 16.9 Å². The van der Waals surface area contributed by atoms with Gasteiger partial charge in [0.1, 0.15) is 0 Å². The van der Waals surface area contributed by atoms with Gasteiger partial charge in [0.2, 0.25) is 5.91 Å². The molecule has 0 aliphatic rings. The van der Waals surface area contributed by atoms with Gasteiger partial charge in [-0.25, -0.2) is 4.68 Å². The Hall–Kier alpha value is -1.65. The first-order valence-corrected chi connectivity index (χ1v) is 3.50. The Morgan fingerprint density at radius 2 is 2.42 bits per heavy atom. The van der Waals surface area contributed by atoms with Gasteiger partial charge in [0.05, 0.1) is 6.54 Å². The third-order valence-electron chi connectivity index (χ3n) is 1.36. The van der Waals surface area contributed by atoms with Crippen LogP contribution in [0.3, 0.4) is 0 Å². The highest BCUT2D eigenvalue weighted by molar-refractivity contribution is 5.73. The number of rotatable bonds is 3. The number of nitrogens with two attached hydrogens (primary N) is 1. The second kappa shape index (κ2) is 3.66. The van der Waals surface area contributed by atoms with Crippen LogP contribution in [0, 0.1) is 0 Å². The molecule has 5 heteroatoms. The molecule has 5 nitrogen and oxygen atoms in total. The van der Waals surface area contributed by atoms with E-state index in [1.807, 2.05) is 0 Å². The number of hydrogen-bond donors (Lipinski definition) is 1. The smallest absolute Gasteiger partial charge is 0.266 e. The quantitative estimate of drug-likeness (QED) is 0.634. The molecule has 0 saturated carbocycles. The molecular formula is C7H9N3O2. The van der Waals surface area contributed by atoms with Crippen LogP contribution in [-0.4, -0.2) is 15.7 Å². The lowest BCUT2D eigenvalue weighted by Gasteiger charge is -1.99. The number of amides is 1. The van der Waals surface area contributed by atoms with Gasteiger partial charge in [-0.3, -0.25) is 9.59 Å². The number of aryl methyl sites for hydroxylation is 1. The van der Waals surface area contributed by atoms with E-state index in [0.717, 1.165) is 0 Å². The summed E-state index contributed by atoms with van der Waals surface area (Å²) in [5, 5.41) is 3.75. The molecule has 1 aromatic rings. The summed E-state index contributed by atoms with van der Waals surface area (Å²) in [6.07, 6.45) is 1.62. The minimum absolute atomic E-state index is 0.136. The van der Waals surface area contributed by atoms with Crippen molar-refractivity contribution in [2.24, 2.45) is 5.73 Å². The van der Waals surface area contributed by atoms with Crippen molar-refractivity contribution in [3.05, 3.63) is 28.7 Å². The summed E-state index contributed by atoms with van der Waals surface area (Å²) in [7, 11) is 0. The van der Waals surface area contributed by atoms with E-state index in [4.69, 9.17) is 5.73 Å². The Balaban J connectivity index is 2.70. The fourth-order valence-electron chi connectivity index (χ4n) is 0.771. The first-order valence-electron chi connectivity index (χ1n) is 3.50. The van der Waals surface area contributed by atoms with Crippen LogP contribution in [0.1, 0.15) is 6.42 Å². The number of aromatic nitrogens is 2. The minimum Gasteiger partial charge on any atom is -0.370 e. The van der Waals surface area contributed by atoms with Gasteiger partial charge in [-0.05, 0) is 6.07 Å². The Morgan fingerprint density at radius 3 is 3.00 bits per heavy atom. The first-order chi connectivity index (χ1) is 5.70. The Morgan fingerprint density at radius 1 is 1.67 bits per heavy atom. The molecule has 1 amide bonds. The second-order valence-electron chi connectivity index (χ2n) is 2.30. The van der Waals surface area contributed by atoms with Gasteiger partial charge in [0.25, 0.3) is 5.56 Å². The lowest BCUT2D eigenvalue weighted by atomic mass is 10.4. The first kappa shape index (κ1) is 8.45. The van der Waals surface area contributed by atoms with Crippen molar-refractivity contribution in [3.8, 4) is 0 Å². The number of carbonyl (C=O) groups is 1. The topological polar surface area (TPSA) is 78.0 Å². The lowest BCUT2D eigenvalue weighted by Crippen LogP contribution is -2.24. The van der Waals surface area contributed by atoms with Gasteiger partial charge in [-0.1, -0.05) is 0 Å². The molecule has 2 N–H and O–H groups in total. The van der Waals surface area contributed by atoms with Gasteiger partial charge < -0.3 is 5.73 Å². The third-order valence-corrected chi connectivity index (χ3v) is 1.36. The number of nitrogens with zero attached hydrogens (tertiary/aromatic N) is 2. The Bertz CT molecular complexity index is 331. The lowest BCUT2D eigenvalue weighted by molar-refractivity contribution is -0.118. The summed E-state index contributed by atoms with van der Waals surface area (Å²) >= 11 is 0. The molecule has 1 aromatic heterocycles. The fraction of sp³-hybridized carbons (Fsp3) is 0.286. The van der Waals surface area contributed by atoms with Crippen molar-refractivity contribution in [1.82, 2.24) is 9.78 Å². The molecule has 0 spiro atoms. The maximum atomic E-state index is 11.0. The maximum Gasteiger partial charge on any atom is 0.266 e. The molecular weight excluding hydrogens is 158 g/mol. The summed E-state index contributed by atoms with van der Waals surface area (Å²) < 4.78 is 1.20. The maximum absolute atomic E-state index is 11.0. The van der Waals surface area contributed by atoms with Crippen LogP contribution in [0.4, 0.5) is 0 Å². The number of primary amides is 1. The van der Waals surface area contributed by atoms with E-state index in [-0.39, 0.29) is 18.5 Å². The van der Waals surface area contributed by atoms with Crippen molar-refractivity contribution in [1.29, 1.82) is 0 Å². The molecule has 0 bridgehead atoms. The predicted octanol–water partition coefficient (Wildman–Crippen LogP) is -0.881. The monoisotopic (exact) mass is 167 g/mol. The van der Waals surface area contributed by atoms with E-state index in [2.05, 4.69) is 5.10 Å². The van der Waals surface area contributed by atoms with Crippen molar-refractivity contribution >= 4 is 5.91 Å². The molecule has 0 saturated heterocycles. The van der Waals surface area contributed by atoms with Crippen LogP contribution in [0.25, 0.3) is 0 Å². The molecule has 12 heavy (non-hydrogen) atoms. The minimum atomic E-state index is -0.437. The van der Waals surface area contributed by atoms with Crippen LogP contribution in [0.15, 0.2) is 23.1 Å². The van der Waals surface area contributed by atoms with E-state index in [9.17, 15) is 9.59 Å². The molecule has 0 atom stereocenters. The highest BCUT2D eigenvalue weighted by Crippen LogP contribution is 1.81. The van der Waals surface area contributed by atoms with Gasteiger partial charge >= 0.3 is 0 Å². The summed E-state index contributed by atoms with van der Waals surface area (Å²) in [5.41, 5.74) is 4.68. The molecule has 0 aromatic carbocycles. The summed E-state index contributed by atoms with van der Waals surface area (Å²) in [6.45, 7) is 0.245. The zero-order chi connectivity index (χ0) is 8.97. The van der Waals surface area contributed by atoms with Crippen molar-refractivity contribution in [2.75, 3.05) is 0 Å². The SMILES string of the molecule is NC(=O)CCn1ncccc1=O. The van der Waals surface area contributed by atoms with Crippen LogP contribution in [-0.2, 0) is 11.3 Å². The highest BCUT2D eigenvalue weighted by Gasteiger charge is 1.97. The van der Waals surface area contributed by atoms with E-state index in [1.54, 1.807) is 6.07 Å². The highest BCUT2D eigenvalue weighted by atomic mass is 16.1. The molecule has 0 aliphatic carbocycles. The van der Waals surface area contributed by atoms with E-state index < -0.39 is 5.91 Å². The number of carbonyl (C=O) groups excluding carboxylic acids is 1. The Kier molecular flexibility index (Phi) is 2.57. The molecule has 0 fully saturated rings. The van der Waals surface area contributed by atoms with Gasteiger partial charge in [0.15, 0.2) is 0 Å². The van der Waals surface area contributed by atoms with Gasteiger partial charge in [0, 0.05) is 18.7 Å². The third kappa shape index (κ3) is 2.19. The molecule has 0 radical (unpaired) electrons. The van der Waals surface area contributed by atoms with Crippen molar-refractivity contribution in [3.63, 3.8) is 0 Å². The van der Waals surface area contributed by atoms with E-state index in [0.29, 0.717) is 0 Å². The summed E-state index contributed by atoms with van der Waals surface area (Å²) in [4.78, 5) is 21.3. The van der Waals surface area contributed by atoms with Crippen molar-refractivity contribution in [2.45, 2.75) is 13.0 Å². The summed E-state index contributed by atoms with van der Waals surface area (Å²) in [6, 6.07) is 2.93. The van der Waals surface area contributed by atoms with Crippen LogP contribution in [0.5, 0.6) is 0 Å². The van der Waals surface area contributed by atoms with Gasteiger partial charge in [-0.15, -0.1) is 0 Å². The van der Waals surface area contributed by atoms with Crippen molar-refractivity contribution < 1.29 is 4.79 Å². The number of hydrogen-bond acceptors (Lipinski definition) is 3. The van der Waals surface area contributed by atoms with Crippen LogP contribution in [0.2, 0.25) is 0 Å². The zero-order valence-electron chi connectivity index (χ0n) is 6.43. The fourth-order valence-corrected chi connectivity index (χ4v) is 0.771. The standard InChI is InChI=1S/C7H9N3O2/c8-6(11)3-5-10-7(12)2-1-4-9-10/h1-2,4H,3,5H2,(H2,8,11). The zero-order valence-corrected chi connectivity index (χ0v) is 6.43. The largest absolute Gasteiger partial charge is 0.370 e. The van der Waals surface area contributed by atoms with Gasteiger partial charge in [-0.2, -0.15) is 5.10 Å². The molecule has 64 valence electrons. The molecule has 1 rings (SSSR count). The Labute approximate surface area is 68.8 Å². The predicted molar refractivity (Wildman–Crippen MR) is 42.3 cm³/mol. The molecule has 1 heterocycles. The molecule has 0 unspecified atom stereocenters. The molecule has 0 aliphatic heterocycles. The normalized spacial score (nSPS) is 9.67. The average molecular weight is 167 g/mol. The van der Waals surface area contributed by atoms with Crippen LogP contribution >= 0.6 is 0 Å². The average Bonchev–Trinajstić information content (AvgIpc) is 2.03. The second-order valence-corrected chi connectivity index (χ2v) is 2.30. The van der Waals surface area contributed by atoms with Crippen LogP contribution < -0.4 is 11.3 Å². The summed E-state index contributed by atoms with van der Waals surface area (Å²) in [5.74, 6) is -0.437. The van der Waals surface area contributed by atoms with E-state index >= 15 is 0 Å².